The number of aliphatic carboxylic acids is 1. The molecular weight excluding hydrogens is 453 g/mol. The van der Waals surface area contributed by atoms with Gasteiger partial charge in [0.05, 0.1) is 11.3 Å². The zero-order valence-corrected chi connectivity index (χ0v) is 18.2. The van der Waals surface area contributed by atoms with Crippen LogP contribution in [0, 0.1) is 0 Å². The van der Waals surface area contributed by atoms with E-state index in [0.717, 1.165) is 12.4 Å². The number of nitrogens with one attached hydrogen (secondary N) is 1. The molecule has 1 aromatic heterocycles. The molecule has 0 aliphatic carbocycles. The molecule has 8 nitrogen and oxygen atoms in total. The second-order valence-electron chi connectivity index (χ2n) is 7.48. The molecule has 34 heavy (non-hydrogen) atoms. The lowest BCUT2D eigenvalue weighted by molar-refractivity contribution is -0.138. The number of carbonyl (C=O) groups excluding carboxylic acids is 1. The van der Waals surface area contributed by atoms with E-state index in [2.05, 4.69) is 15.3 Å². The van der Waals surface area contributed by atoms with Gasteiger partial charge >= 0.3 is 18.2 Å². The maximum atomic E-state index is 13.4. The first kappa shape index (κ1) is 24.5. The van der Waals surface area contributed by atoms with Gasteiger partial charge < -0.3 is 20.1 Å². The van der Waals surface area contributed by atoms with Crippen molar-refractivity contribution in [1.29, 1.82) is 0 Å². The quantitative estimate of drug-likeness (QED) is 0.525. The van der Waals surface area contributed by atoms with Crippen molar-refractivity contribution in [3.8, 4) is 17.0 Å². The summed E-state index contributed by atoms with van der Waals surface area (Å²) in [6, 6.07) is 11.4. The van der Waals surface area contributed by atoms with E-state index in [0.29, 0.717) is 11.3 Å². The van der Waals surface area contributed by atoms with Crippen LogP contribution in [-0.4, -0.2) is 52.2 Å². The molecule has 0 spiro atoms. The lowest BCUT2D eigenvalue weighted by Gasteiger charge is -2.17. The molecule has 3 rings (SSSR count). The van der Waals surface area contributed by atoms with Gasteiger partial charge in [-0.1, -0.05) is 30.3 Å². The van der Waals surface area contributed by atoms with Crippen LogP contribution in [0.15, 0.2) is 60.9 Å². The number of anilines is 1. The third-order valence-electron chi connectivity index (χ3n) is 4.73. The number of benzene rings is 2. The maximum absolute atomic E-state index is 13.4. The molecule has 0 fully saturated rings. The smallest absolute Gasteiger partial charge is 0.417 e. The Labute approximate surface area is 193 Å². The topological polar surface area (TPSA) is 105 Å². The monoisotopic (exact) mass is 474 g/mol. The normalized spacial score (nSPS) is 12.0. The van der Waals surface area contributed by atoms with Gasteiger partial charge in [-0.2, -0.15) is 13.2 Å². The number of halogens is 3. The molecule has 0 saturated carbocycles. The summed E-state index contributed by atoms with van der Waals surface area (Å²) in [7, 11) is 3.08. The van der Waals surface area contributed by atoms with E-state index in [4.69, 9.17) is 4.74 Å². The summed E-state index contributed by atoms with van der Waals surface area (Å²) in [6.45, 7) is 0. The summed E-state index contributed by atoms with van der Waals surface area (Å²) < 4.78 is 45.2. The van der Waals surface area contributed by atoms with Gasteiger partial charge in [0.2, 0.25) is 0 Å². The number of carboxylic acids is 1. The highest BCUT2D eigenvalue weighted by atomic mass is 19.4. The van der Waals surface area contributed by atoms with Gasteiger partial charge in [-0.3, -0.25) is 0 Å². The van der Waals surface area contributed by atoms with Crippen molar-refractivity contribution < 1.29 is 32.6 Å². The Balaban J connectivity index is 1.78. The van der Waals surface area contributed by atoms with E-state index in [-0.39, 0.29) is 23.5 Å². The predicted molar refractivity (Wildman–Crippen MR) is 117 cm³/mol. The minimum atomic E-state index is -4.58. The fourth-order valence-corrected chi connectivity index (χ4v) is 3.04. The van der Waals surface area contributed by atoms with Crippen LogP contribution < -0.4 is 10.1 Å². The third kappa shape index (κ3) is 6.21. The number of hydrogen-bond donors (Lipinski definition) is 2. The molecular formula is C23H21F3N4O4. The van der Waals surface area contributed by atoms with Crippen molar-refractivity contribution in [2.75, 3.05) is 19.4 Å². The van der Waals surface area contributed by atoms with E-state index in [1.807, 2.05) is 0 Å². The molecule has 1 heterocycles. The minimum absolute atomic E-state index is 0.00150. The lowest BCUT2D eigenvalue weighted by atomic mass is 10.0. The SMILES string of the molecule is CN(C)C(=O)Oc1ccc(C[C@H](Nc2cc(-c3ccccc3C(F)(F)F)ncn2)C(=O)O)cc1. The van der Waals surface area contributed by atoms with Crippen LogP contribution in [0.5, 0.6) is 5.75 Å². The Morgan fingerprint density at radius 1 is 1.09 bits per heavy atom. The Morgan fingerprint density at radius 3 is 2.38 bits per heavy atom. The van der Waals surface area contributed by atoms with Gasteiger partial charge in [-0.15, -0.1) is 0 Å². The summed E-state index contributed by atoms with van der Waals surface area (Å²) in [4.78, 5) is 32.6. The Hall–Kier alpha value is -4.15. The number of carbonyl (C=O) groups is 2. The van der Waals surface area contributed by atoms with Crippen molar-refractivity contribution in [1.82, 2.24) is 14.9 Å². The number of nitrogens with zero attached hydrogens (tertiary/aromatic N) is 3. The van der Waals surface area contributed by atoms with Gasteiger partial charge in [0, 0.05) is 32.1 Å². The average Bonchev–Trinajstić information content (AvgIpc) is 2.79. The Bertz CT molecular complexity index is 1170. The van der Waals surface area contributed by atoms with Gasteiger partial charge in [0.15, 0.2) is 0 Å². The molecule has 1 atom stereocenters. The summed E-state index contributed by atoms with van der Waals surface area (Å²) in [5, 5.41) is 12.4. The van der Waals surface area contributed by atoms with Crippen molar-refractivity contribution >= 4 is 17.9 Å². The van der Waals surface area contributed by atoms with Crippen molar-refractivity contribution in [3.63, 3.8) is 0 Å². The second kappa shape index (κ2) is 10.2. The summed E-state index contributed by atoms with van der Waals surface area (Å²) in [6.07, 6.45) is -4.02. The molecule has 2 aromatic carbocycles. The van der Waals surface area contributed by atoms with E-state index < -0.39 is 29.8 Å². The fraction of sp³-hybridized carbons (Fsp3) is 0.217. The van der Waals surface area contributed by atoms with E-state index in [1.54, 1.807) is 26.2 Å². The first-order valence-corrected chi connectivity index (χ1v) is 10.0. The molecule has 0 aliphatic heterocycles. The van der Waals surface area contributed by atoms with E-state index in [1.165, 1.54) is 41.3 Å². The lowest BCUT2D eigenvalue weighted by Crippen LogP contribution is -2.32. The summed E-state index contributed by atoms with van der Waals surface area (Å²) in [5.41, 5.74) is -0.373. The molecule has 3 aromatic rings. The molecule has 0 bridgehead atoms. The summed E-state index contributed by atoms with van der Waals surface area (Å²) in [5.74, 6) is -0.823. The van der Waals surface area contributed by atoms with Crippen LogP contribution in [0.3, 0.4) is 0 Å². The van der Waals surface area contributed by atoms with Crippen LogP contribution in [0.4, 0.5) is 23.8 Å². The number of alkyl halides is 3. The zero-order valence-electron chi connectivity index (χ0n) is 18.2. The van der Waals surface area contributed by atoms with Gasteiger partial charge in [-0.25, -0.2) is 19.6 Å². The number of amides is 1. The van der Waals surface area contributed by atoms with Crippen LogP contribution in [0.1, 0.15) is 11.1 Å². The van der Waals surface area contributed by atoms with Gasteiger partial charge in [-0.05, 0) is 23.8 Å². The molecule has 2 N–H and O–H groups in total. The molecule has 178 valence electrons. The highest BCUT2D eigenvalue weighted by Gasteiger charge is 2.33. The predicted octanol–water partition coefficient (Wildman–Crippen LogP) is 4.33. The largest absolute Gasteiger partial charge is 0.480 e. The number of aromatic nitrogens is 2. The van der Waals surface area contributed by atoms with Crippen molar-refractivity contribution in [3.05, 3.63) is 72.1 Å². The molecule has 0 aliphatic rings. The highest BCUT2D eigenvalue weighted by Crippen LogP contribution is 2.36. The van der Waals surface area contributed by atoms with E-state index >= 15 is 0 Å². The molecule has 0 radical (unpaired) electrons. The summed E-state index contributed by atoms with van der Waals surface area (Å²) >= 11 is 0. The Kier molecular flexibility index (Phi) is 7.34. The molecule has 0 saturated heterocycles. The number of carboxylic acid groups (broad SMARTS) is 1. The second-order valence-corrected chi connectivity index (χ2v) is 7.48. The fourth-order valence-electron chi connectivity index (χ4n) is 3.04. The first-order valence-electron chi connectivity index (χ1n) is 10.0. The Morgan fingerprint density at radius 2 is 1.76 bits per heavy atom. The molecule has 11 heteroatoms. The van der Waals surface area contributed by atoms with E-state index in [9.17, 15) is 27.9 Å². The number of rotatable bonds is 7. The first-order chi connectivity index (χ1) is 16.0. The van der Waals surface area contributed by atoms with Crippen LogP contribution >= 0.6 is 0 Å². The zero-order chi connectivity index (χ0) is 24.9. The van der Waals surface area contributed by atoms with Crippen molar-refractivity contribution in [2.24, 2.45) is 0 Å². The highest BCUT2D eigenvalue weighted by molar-refractivity contribution is 5.78. The third-order valence-corrected chi connectivity index (χ3v) is 4.73. The van der Waals surface area contributed by atoms with Gasteiger partial charge in [0.25, 0.3) is 0 Å². The maximum Gasteiger partial charge on any atom is 0.417 e. The number of hydrogen-bond acceptors (Lipinski definition) is 6. The number of ether oxygens (including phenoxy) is 1. The molecule has 0 unspecified atom stereocenters. The van der Waals surface area contributed by atoms with Crippen LogP contribution in [0.2, 0.25) is 0 Å². The van der Waals surface area contributed by atoms with Crippen LogP contribution in [-0.2, 0) is 17.4 Å². The van der Waals surface area contributed by atoms with Gasteiger partial charge in [0.1, 0.15) is 23.9 Å². The average molecular weight is 474 g/mol. The standard InChI is InChI=1S/C23H21F3N4O4/c1-30(2)22(33)34-15-9-7-14(8-10-15)11-19(21(31)32)29-20-12-18(27-13-28-20)16-5-3-4-6-17(16)23(24,25)26/h3-10,12-13,19H,11H2,1-2H3,(H,31,32)(H,27,28,29)/t19-/m0/s1. The van der Waals surface area contributed by atoms with Crippen molar-refractivity contribution in [2.45, 2.75) is 18.6 Å². The molecule has 1 amide bonds. The minimum Gasteiger partial charge on any atom is -0.480 e. The van der Waals surface area contributed by atoms with Crippen LogP contribution in [0.25, 0.3) is 11.3 Å².